The van der Waals surface area contributed by atoms with E-state index in [1.54, 1.807) is 17.0 Å². The lowest BCUT2D eigenvalue weighted by Gasteiger charge is -2.26. The van der Waals surface area contributed by atoms with Crippen LogP contribution in [0.15, 0.2) is 53.1 Å². The van der Waals surface area contributed by atoms with E-state index < -0.39 is 5.54 Å². The molecule has 0 aromatic heterocycles. The fourth-order valence-electron chi connectivity index (χ4n) is 4.10. The number of allylic oxidation sites excluding steroid dienone is 1. The smallest absolute Gasteiger partial charge is 0.315 e. The van der Waals surface area contributed by atoms with E-state index in [1.165, 1.54) is 12.1 Å². The highest BCUT2D eigenvalue weighted by Crippen LogP contribution is 2.30. The number of carbonyl (C=O) groups excluding carboxylic acids is 2. The monoisotopic (exact) mass is 441 g/mol. The summed E-state index contributed by atoms with van der Waals surface area (Å²) in [5.74, 6) is 0.444. The van der Waals surface area contributed by atoms with Gasteiger partial charge in [-0.25, -0.2) is 14.2 Å². The van der Waals surface area contributed by atoms with Crippen LogP contribution in [0.4, 0.5) is 9.18 Å². The Kier molecular flexibility index (Phi) is 7.33. The maximum Gasteiger partial charge on any atom is 0.315 e. The minimum atomic E-state index is -0.775. The van der Waals surface area contributed by atoms with Gasteiger partial charge in [-0.2, -0.15) is 0 Å². The van der Waals surface area contributed by atoms with Crippen LogP contribution in [0.3, 0.4) is 0 Å². The maximum atomic E-state index is 12.9. The summed E-state index contributed by atoms with van der Waals surface area (Å²) >= 11 is 0. The Bertz CT molecular complexity index is 938. The van der Waals surface area contributed by atoms with Gasteiger partial charge in [0.25, 0.3) is 5.91 Å². The van der Waals surface area contributed by atoms with E-state index in [-0.39, 0.29) is 23.7 Å². The zero-order chi connectivity index (χ0) is 23.3. The fourth-order valence-corrected chi connectivity index (χ4v) is 4.10. The molecule has 1 aliphatic carbocycles. The van der Waals surface area contributed by atoms with Gasteiger partial charge in [-0.1, -0.05) is 44.2 Å². The largest absolute Gasteiger partial charge is 0.369 e. The fraction of sp³-hybridized carbons (Fsp3) is 0.458. The van der Waals surface area contributed by atoms with E-state index in [4.69, 9.17) is 5.73 Å². The molecule has 0 saturated heterocycles. The van der Waals surface area contributed by atoms with Crippen molar-refractivity contribution in [3.05, 3.63) is 59.4 Å². The molecule has 0 spiro atoms. The SMILES string of the molecule is CC(C)CC1(C)N=C(N)N(CC2C=CC(CNC(=O)NCc3ccc(F)cc3)=CC2)C1=O. The van der Waals surface area contributed by atoms with Crippen molar-refractivity contribution in [2.24, 2.45) is 22.6 Å². The highest BCUT2D eigenvalue weighted by Gasteiger charge is 2.44. The lowest BCUT2D eigenvalue weighted by atomic mass is 9.90. The lowest BCUT2D eigenvalue weighted by Crippen LogP contribution is -2.45. The second kappa shape index (κ2) is 9.97. The summed E-state index contributed by atoms with van der Waals surface area (Å²) in [6, 6.07) is 5.71. The average Bonchev–Trinajstić information content (AvgIpc) is 2.95. The second-order valence-corrected chi connectivity index (χ2v) is 9.05. The number of amides is 3. The van der Waals surface area contributed by atoms with Gasteiger partial charge >= 0.3 is 6.03 Å². The predicted octanol–water partition coefficient (Wildman–Crippen LogP) is 3.09. The molecule has 0 fully saturated rings. The highest BCUT2D eigenvalue weighted by molar-refractivity contribution is 6.06. The lowest BCUT2D eigenvalue weighted by molar-refractivity contribution is -0.131. The molecule has 32 heavy (non-hydrogen) atoms. The molecule has 0 saturated carbocycles. The Labute approximate surface area is 188 Å². The molecular formula is C24H32FN5O2. The van der Waals surface area contributed by atoms with Crippen molar-refractivity contribution < 1.29 is 14.0 Å². The third-order valence-electron chi connectivity index (χ3n) is 5.65. The minimum Gasteiger partial charge on any atom is -0.369 e. The van der Waals surface area contributed by atoms with E-state index in [0.29, 0.717) is 37.9 Å². The quantitative estimate of drug-likeness (QED) is 0.578. The first-order chi connectivity index (χ1) is 15.2. The number of nitrogens with one attached hydrogen (secondary N) is 2. The molecule has 1 aromatic carbocycles. The number of nitrogens with two attached hydrogens (primary N) is 1. The molecular weight excluding hydrogens is 409 g/mol. The van der Waals surface area contributed by atoms with Crippen LogP contribution in [0.2, 0.25) is 0 Å². The van der Waals surface area contributed by atoms with Crippen molar-refractivity contribution in [2.45, 2.75) is 45.7 Å². The Balaban J connectivity index is 1.43. The minimum absolute atomic E-state index is 0.0358. The Morgan fingerprint density at radius 1 is 1.28 bits per heavy atom. The van der Waals surface area contributed by atoms with Gasteiger partial charge in [0.2, 0.25) is 0 Å². The molecule has 172 valence electrons. The predicted molar refractivity (Wildman–Crippen MR) is 123 cm³/mol. The molecule has 2 unspecified atom stereocenters. The number of hydrogen-bond donors (Lipinski definition) is 3. The summed E-state index contributed by atoms with van der Waals surface area (Å²) in [6.07, 6.45) is 7.50. The van der Waals surface area contributed by atoms with Gasteiger partial charge in [0.15, 0.2) is 5.96 Å². The Morgan fingerprint density at radius 2 is 1.97 bits per heavy atom. The van der Waals surface area contributed by atoms with E-state index in [0.717, 1.165) is 17.6 Å². The van der Waals surface area contributed by atoms with Crippen LogP contribution in [-0.2, 0) is 11.3 Å². The normalized spacial score (nSPS) is 22.7. The summed E-state index contributed by atoms with van der Waals surface area (Å²) < 4.78 is 12.9. The van der Waals surface area contributed by atoms with Gasteiger partial charge < -0.3 is 16.4 Å². The second-order valence-electron chi connectivity index (χ2n) is 9.05. The van der Waals surface area contributed by atoms with Gasteiger partial charge in [-0.3, -0.25) is 9.69 Å². The van der Waals surface area contributed by atoms with Crippen LogP contribution in [0.1, 0.15) is 39.2 Å². The highest BCUT2D eigenvalue weighted by atomic mass is 19.1. The van der Waals surface area contributed by atoms with Crippen molar-refractivity contribution in [1.29, 1.82) is 0 Å². The van der Waals surface area contributed by atoms with Gasteiger partial charge in [0, 0.05) is 19.6 Å². The van der Waals surface area contributed by atoms with Gasteiger partial charge in [0.05, 0.1) is 0 Å². The maximum absolute atomic E-state index is 12.9. The average molecular weight is 442 g/mol. The molecule has 2 aliphatic rings. The van der Waals surface area contributed by atoms with Crippen LogP contribution in [0.5, 0.6) is 0 Å². The van der Waals surface area contributed by atoms with E-state index in [2.05, 4.69) is 35.5 Å². The number of guanidine groups is 1. The van der Waals surface area contributed by atoms with Gasteiger partial charge in [-0.05, 0) is 54.9 Å². The van der Waals surface area contributed by atoms with E-state index in [1.807, 2.05) is 19.1 Å². The number of aliphatic imine (C=N–C) groups is 1. The molecule has 1 heterocycles. The van der Waals surface area contributed by atoms with Crippen LogP contribution in [0.25, 0.3) is 0 Å². The molecule has 8 heteroatoms. The summed E-state index contributed by atoms with van der Waals surface area (Å²) in [4.78, 5) is 30.9. The molecule has 7 nitrogen and oxygen atoms in total. The van der Waals surface area contributed by atoms with E-state index >= 15 is 0 Å². The number of hydrogen-bond acceptors (Lipinski definition) is 4. The van der Waals surface area contributed by atoms with Gasteiger partial charge in [0.1, 0.15) is 11.4 Å². The first-order valence-corrected chi connectivity index (χ1v) is 11.0. The van der Waals surface area contributed by atoms with Crippen molar-refractivity contribution in [1.82, 2.24) is 15.5 Å². The number of rotatable bonds is 8. The van der Waals surface area contributed by atoms with Crippen LogP contribution in [0, 0.1) is 17.7 Å². The van der Waals surface area contributed by atoms with Crippen LogP contribution in [-0.4, -0.2) is 41.4 Å². The molecule has 1 aromatic rings. The Morgan fingerprint density at radius 3 is 2.59 bits per heavy atom. The number of benzene rings is 1. The summed E-state index contributed by atoms with van der Waals surface area (Å²) in [5.41, 5.74) is 7.11. The molecule has 4 N–H and O–H groups in total. The van der Waals surface area contributed by atoms with Crippen molar-refractivity contribution in [3.8, 4) is 0 Å². The number of halogens is 1. The molecule has 1 aliphatic heterocycles. The Hall–Kier alpha value is -3.16. The standard InChI is InChI=1S/C24H32FN5O2/c1-16(2)12-24(3)21(31)30(22(26)29-24)15-19-6-4-17(5-7-19)13-27-23(32)28-14-18-8-10-20(25)11-9-18/h4-6,8-11,16,19H,7,12-15H2,1-3H3,(H2,26,29)(H2,27,28,32). The molecule has 3 amide bonds. The molecule has 0 radical (unpaired) electrons. The third kappa shape index (κ3) is 5.96. The summed E-state index contributed by atoms with van der Waals surface area (Å²) in [7, 11) is 0. The van der Waals surface area contributed by atoms with Crippen molar-refractivity contribution in [3.63, 3.8) is 0 Å². The van der Waals surface area contributed by atoms with Crippen molar-refractivity contribution in [2.75, 3.05) is 13.1 Å². The number of carbonyl (C=O) groups is 2. The third-order valence-corrected chi connectivity index (χ3v) is 5.65. The van der Waals surface area contributed by atoms with Crippen LogP contribution >= 0.6 is 0 Å². The molecule has 2 atom stereocenters. The zero-order valence-corrected chi connectivity index (χ0v) is 18.9. The van der Waals surface area contributed by atoms with Crippen LogP contribution < -0.4 is 16.4 Å². The number of urea groups is 1. The molecule has 0 bridgehead atoms. The molecule has 3 rings (SSSR count). The summed E-state index contributed by atoms with van der Waals surface area (Å²) in [5, 5.41) is 5.57. The summed E-state index contributed by atoms with van der Waals surface area (Å²) in [6.45, 7) is 7.21. The number of nitrogens with zero attached hydrogens (tertiary/aromatic N) is 2. The van der Waals surface area contributed by atoms with Crippen molar-refractivity contribution >= 4 is 17.9 Å². The first-order valence-electron chi connectivity index (χ1n) is 11.0. The van der Waals surface area contributed by atoms with E-state index in [9.17, 15) is 14.0 Å². The topological polar surface area (TPSA) is 99.8 Å². The first kappa shape index (κ1) is 23.5. The zero-order valence-electron chi connectivity index (χ0n) is 18.9. The van der Waals surface area contributed by atoms with Gasteiger partial charge in [-0.15, -0.1) is 0 Å².